The molecule has 1 heterocycles. The van der Waals surface area contributed by atoms with Crippen molar-refractivity contribution < 1.29 is 9.47 Å². The van der Waals surface area contributed by atoms with Crippen LogP contribution in [0.3, 0.4) is 0 Å². The van der Waals surface area contributed by atoms with Gasteiger partial charge in [0.1, 0.15) is 5.75 Å². The van der Waals surface area contributed by atoms with Crippen molar-refractivity contribution in [3.05, 3.63) is 17.8 Å². The fraction of sp³-hybridized carbons (Fsp3) is 0.500. The van der Waals surface area contributed by atoms with Crippen LogP contribution in [-0.2, 0) is 6.42 Å². The summed E-state index contributed by atoms with van der Waals surface area (Å²) < 4.78 is 10.4. The van der Waals surface area contributed by atoms with Gasteiger partial charge in [0, 0.05) is 11.6 Å². The second kappa shape index (κ2) is 4.70. The Morgan fingerprint density at radius 2 is 2.15 bits per heavy atom. The number of hydrogen-bond donors (Lipinski definition) is 0. The molecule has 0 unspecified atom stereocenters. The normalized spacial score (nSPS) is 9.77. The molecule has 0 aromatic carbocycles. The number of ether oxygens (including phenoxy) is 2. The predicted molar refractivity (Wildman–Crippen MR) is 51.3 cm³/mol. The first-order valence-electron chi connectivity index (χ1n) is 4.47. The summed E-state index contributed by atoms with van der Waals surface area (Å²) in [6.45, 7) is 4.71. The number of pyridine rings is 1. The first-order valence-corrected chi connectivity index (χ1v) is 4.47. The van der Waals surface area contributed by atoms with Crippen LogP contribution in [0, 0.1) is 0 Å². The van der Waals surface area contributed by atoms with Crippen LogP contribution in [0.5, 0.6) is 11.6 Å². The average Bonchev–Trinajstić information content (AvgIpc) is 2.19. The number of aryl methyl sites for hydroxylation is 1. The van der Waals surface area contributed by atoms with E-state index < -0.39 is 0 Å². The Bertz CT molecular complexity index is 274. The Labute approximate surface area is 78.7 Å². The maximum atomic E-state index is 5.41. The van der Waals surface area contributed by atoms with Gasteiger partial charge in [-0.05, 0) is 13.3 Å². The van der Waals surface area contributed by atoms with Crippen molar-refractivity contribution in [3.63, 3.8) is 0 Å². The Morgan fingerprint density at radius 3 is 2.69 bits per heavy atom. The molecule has 0 atom stereocenters. The summed E-state index contributed by atoms with van der Waals surface area (Å²) in [6.07, 6.45) is 2.63. The molecule has 0 spiro atoms. The summed E-state index contributed by atoms with van der Waals surface area (Å²) in [6, 6.07) is 1.91. The largest absolute Gasteiger partial charge is 0.492 e. The Morgan fingerprint density at radius 1 is 1.38 bits per heavy atom. The monoisotopic (exact) mass is 181 g/mol. The van der Waals surface area contributed by atoms with Crippen LogP contribution in [0.25, 0.3) is 0 Å². The average molecular weight is 181 g/mol. The minimum Gasteiger partial charge on any atom is -0.492 e. The van der Waals surface area contributed by atoms with Gasteiger partial charge in [-0.15, -0.1) is 0 Å². The summed E-state index contributed by atoms with van der Waals surface area (Å²) >= 11 is 0. The molecule has 0 aliphatic rings. The highest BCUT2D eigenvalue weighted by Crippen LogP contribution is 2.21. The second-order valence-electron chi connectivity index (χ2n) is 2.62. The lowest BCUT2D eigenvalue weighted by Crippen LogP contribution is -1.98. The molecule has 0 aliphatic heterocycles. The van der Waals surface area contributed by atoms with Gasteiger partial charge in [0.05, 0.1) is 19.9 Å². The van der Waals surface area contributed by atoms with Gasteiger partial charge in [-0.2, -0.15) is 0 Å². The highest BCUT2D eigenvalue weighted by molar-refractivity contribution is 5.34. The highest BCUT2D eigenvalue weighted by Gasteiger charge is 2.03. The van der Waals surface area contributed by atoms with Crippen LogP contribution in [0.15, 0.2) is 12.3 Å². The van der Waals surface area contributed by atoms with Crippen molar-refractivity contribution in [2.24, 2.45) is 0 Å². The van der Waals surface area contributed by atoms with Gasteiger partial charge in [0.15, 0.2) is 0 Å². The van der Waals surface area contributed by atoms with Crippen LogP contribution in [-0.4, -0.2) is 18.7 Å². The molecule has 1 rings (SSSR count). The molecule has 0 saturated heterocycles. The maximum Gasteiger partial charge on any atom is 0.213 e. The minimum atomic E-state index is 0.639. The quantitative estimate of drug-likeness (QED) is 0.712. The lowest BCUT2D eigenvalue weighted by Gasteiger charge is -2.08. The second-order valence-corrected chi connectivity index (χ2v) is 2.62. The van der Waals surface area contributed by atoms with E-state index in [9.17, 15) is 0 Å². The van der Waals surface area contributed by atoms with Gasteiger partial charge >= 0.3 is 0 Å². The number of methoxy groups -OCH3 is 1. The van der Waals surface area contributed by atoms with Gasteiger partial charge in [-0.1, -0.05) is 6.92 Å². The minimum absolute atomic E-state index is 0.639. The van der Waals surface area contributed by atoms with Gasteiger partial charge < -0.3 is 9.47 Å². The van der Waals surface area contributed by atoms with Gasteiger partial charge in [-0.3, -0.25) is 0 Å². The lowest BCUT2D eigenvalue weighted by molar-refractivity contribution is 0.332. The maximum absolute atomic E-state index is 5.41. The number of hydrogen-bond acceptors (Lipinski definition) is 3. The molecule has 0 bridgehead atoms. The molecule has 0 amide bonds. The van der Waals surface area contributed by atoms with Crippen molar-refractivity contribution >= 4 is 0 Å². The van der Waals surface area contributed by atoms with Gasteiger partial charge in [0.2, 0.25) is 5.88 Å². The fourth-order valence-corrected chi connectivity index (χ4v) is 1.14. The third-order valence-corrected chi connectivity index (χ3v) is 1.81. The zero-order chi connectivity index (χ0) is 9.68. The van der Waals surface area contributed by atoms with E-state index in [1.54, 1.807) is 13.3 Å². The number of aromatic nitrogens is 1. The summed E-state index contributed by atoms with van der Waals surface area (Å²) in [7, 11) is 1.61. The van der Waals surface area contributed by atoms with Crippen molar-refractivity contribution in [2.45, 2.75) is 20.3 Å². The molecule has 1 aromatic heterocycles. The van der Waals surface area contributed by atoms with Crippen molar-refractivity contribution in [1.29, 1.82) is 0 Å². The highest BCUT2D eigenvalue weighted by atomic mass is 16.5. The van der Waals surface area contributed by atoms with Crippen molar-refractivity contribution in [2.75, 3.05) is 13.7 Å². The Kier molecular flexibility index (Phi) is 3.55. The van der Waals surface area contributed by atoms with Gasteiger partial charge in [0.25, 0.3) is 0 Å². The number of nitrogens with zero attached hydrogens (tertiary/aromatic N) is 1. The van der Waals surface area contributed by atoms with Crippen LogP contribution in [0.2, 0.25) is 0 Å². The van der Waals surface area contributed by atoms with E-state index in [1.165, 1.54) is 0 Å². The third-order valence-electron chi connectivity index (χ3n) is 1.81. The van der Waals surface area contributed by atoms with E-state index in [4.69, 9.17) is 9.47 Å². The summed E-state index contributed by atoms with van der Waals surface area (Å²) in [4.78, 5) is 4.08. The fourth-order valence-electron chi connectivity index (χ4n) is 1.14. The van der Waals surface area contributed by atoms with E-state index in [1.807, 2.05) is 13.0 Å². The summed E-state index contributed by atoms with van der Waals surface area (Å²) in [5.41, 5.74) is 1.13. The topological polar surface area (TPSA) is 31.4 Å². The SMILES string of the molecule is CCOc1cnc(OC)cc1CC. The molecular weight excluding hydrogens is 166 g/mol. The van der Waals surface area contributed by atoms with Crippen LogP contribution < -0.4 is 9.47 Å². The zero-order valence-corrected chi connectivity index (χ0v) is 8.33. The number of rotatable bonds is 4. The van der Waals surface area contributed by atoms with Crippen LogP contribution in [0.4, 0.5) is 0 Å². The molecule has 3 heteroatoms. The summed E-state index contributed by atoms with van der Waals surface area (Å²) in [5.74, 6) is 1.49. The standard InChI is InChI=1S/C10H15NO2/c1-4-8-6-10(12-3)11-7-9(8)13-5-2/h6-7H,4-5H2,1-3H3. The van der Waals surface area contributed by atoms with Gasteiger partial charge in [-0.25, -0.2) is 4.98 Å². The molecule has 0 aliphatic carbocycles. The zero-order valence-electron chi connectivity index (χ0n) is 8.33. The Balaban J connectivity index is 2.93. The van der Waals surface area contributed by atoms with Crippen molar-refractivity contribution in [1.82, 2.24) is 4.98 Å². The van der Waals surface area contributed by atoms with Crippen LogP contribution in [0.1, 0.15) is 19.4 Å². The van der Waals surface area contributed by atoms with E-state index in [0.29, 0.717) is 12.5 Å². The lowest BCUT2D eigenvalue weighted by atomic mass is 10.2. The first-order chi connectivity index (χ1) is 6.31. The van der Waals surface area contributed by atoms with E-state index >= 15 is 0 Å². The van der Waals surface area contributed by atoms with Crippen LogP contribution >= 0.6 is 0 Å². The molecule has 72 valence electrons. The molecule has 3 nitrogen and oxygen atoms in total. The molecule has 0 N–H and O–H groups in total. The molecule has 13 heavy (non-hydrogen) atoms. The smallest absolute Gasteiger partial charge is 0.213 e. The molecule has 0 saturated carbocycles. The summed E-state index contributed by atoms with van der Waals surface area (Å²) in [5, 5.41) is 0. The predicted octanol–water partition coefficient (Wildman–Crippen LogP) is 2.05. The van der Waals surface area contributed by atoms with E-state index in [2.05, 4.69) is 11.9 Å². The molecule has 1 aromatic rings. The third kappa shape index (κ3) is 2.34. The molecule has 0 radical (unpaired) electrons. The molecular formula is C10H15NO2. The molecule has 0 fully saturated rings. The first kappa shape index (κ1) is 9.84. The Hall–Kier alpha value is -1.25. The van der Waals surface area contributed by atoms with E-state index in [0.717, 1.165) is 17.7 Å². The van der Waals surface area contributed by atoms with E-state index in [-0.39, 0.29) is 0 Å². The van der Waals surface area contributed by atoms with Crippen molar-refractivity contribution in [3.8, 4) is 11.6 Å².